The summed E-state index contributed by atoms with van der Waals surface area (Å²) in [7, 11) is 0. The van der Waals surface area contributed by atoms with Crippen molar-refractivity contribution in [2.45, 2.75) is 0 Å². The monoisotopic (exact) mass is 248 g/mol. The van der Waals surface area contributed by atoms with Crippen molar-refractivity contribution in [3.05, 3.63) is 47.2 Å². The molecule has 5 heteroatoms. The van der Waals surface area contributed by atoms with Crippen molar-refractivity contribution in [3.63, 3.8) is 0 Å². The summed E-state index contributed by atoms with van der Waals surface area (Å²) in [5.74, 6) is -0.991. The number of benzene rings is 1. The van der Waals surface area contributed by atoms with Crippen molar-refractivity contribution >= 4 is 17.5 Å². The number of pyridine rings is 1. The van der Waals surface area contributed by atoms with Crippen LogP contribution in [0.15, 0.2) is 36.5 Å². The van der Waals surface area contributed by atoms with Gasteiger partial charge >= 0.3 is 0 Å². The maximum atomic E-state index is 10.9. The standard InChI is InChI=1S/C12H9ClN2O2/c13-9-3-1-7(2-4-9)8-5-10(16)11(12(14)17)15-6-8/h1-6,16H,(H2,14,17). The Labute approximate surface area is 103 Å². The van der Waals surface area contributed by atoms with E-state index in [0.29, 0.717) is 10.6 Å². The highest BCUT2D eigenvalue weighted by molar-refractivity contribution is 6.30. The Morgan fingerprint density at radius 3 is 2.41 bits per heavy atom. The molecule has 1 heterocycles. The molecule has 0 saturated heterocycles. The lowest BCUT2D eigenvalue weighted by molar-refractivity contribution is 0.0993. The van der Waals surface area contributed by atoms with Crippen molar-refractivity contribution in [3.8, 4) is 16.9 Å². The fraction of sp³-hybridized carbons (Fsp3) is 0. The van der Waals surface area contributed by atoms with Gasteiger partial charge < -0.3 is 10.8 Å². The summed E-state index contributed by atoms with van der Waals surface area (Å²) < 4.78 is 0. The fourth-order valence-corrected chi connectivity index (χ4v) is 1.57. The van der Waals surface area contributed by atoms with Crippen molar-refractivity contribution in [1.29, 1.82) is 0 Å². The lowest BCUT2D eigenvalue weighted by Gasteiger charge is -2.04. The van der Waals surface area contributed by atoms with Gasteiger partial charge in [0.05, 0.1) is 0 Å². The van der Waals surface area contributed by atoms with Crippen molar-refractivity contribution in [2.75, 3.05) is 0 Å². The second-order valence-electron chi connectivity index (χ2n) is 3.46. The molecule has 0 unspecified atom stereocenters. The Bertz CT molecular complexity index is 567. The summed E-state index contributed by atoms with van der Waals surface area (Å²) >= 11 is 5.77. The summed E-state index contributed by atoms with van der Waals surface area (Å²) in [4.78, 5) is 14.7. The van der Waals surface area contributed by atoms with Crippen molar-refractivity contribution < 1.29 is 9.90 Å². The van der Waals surface area contributed by atoms with E-state index in [1.54, 1.807) is 24.3 Å². The highest BCUT2D eigenvalue weighted by Crippen LogP contribution is 2.25. The topological polar surface area (TPSA) is 76.2 Å². The number of carbonyl (C=O) groups is 1. The summed E-state index contributed by atoms with van der Waals surface area (Å²) in [6.45, 7) is 0. The molecule has 3 N–H and O–H groups in total. The predicted octanol–water partition coefficient (Wildman–Crippen LogP) is 2.21. The highest BCUT2D eigenvalue weighted by Gasteiger charge is 2.10. The fourth-order valence-electron chi connectivity index (χ4n) is 1.44. The number of rotatable bonds is 2. The summed E-state index contributed by atoms with van der Waals surface area (Å²) in [6.07, 6.45) is 1.48. The van der Waals surface area contributed by atoms with Gasteiger partial charge in [0.25, 0.3) is 5.91 Å². The van der Waals surface area contributed by atoms with E-state index in [-0.39, 0.29) is 11.4 Å². The number of nitrogens with zero attached hydrogens (tertiary/aromatic N) is 1. The molecule has 2 rings (SSSR count). The average Bonchev–Trinajstić information content (AvgIpc) is 2.29. The molecule has 86 valence electrons. The van der Waals surface area contributed by atoms with Crippen LogP contribution < -0.4 is 5.73 Å². The minimum atomic E-state index is -0.759. The van der Waals surface area contributed by atoms with Crippen LogP contribution >= 0.6 is 11.6 Å². The van der Waals surface area contributed by atoms with Crippen molar-refractivity contribution in [2.24, 2.45) is 5.73 Å². The van der Waals surface area contributed by atoms with Crippen molar-refractivity contribution in [1.82, 2.24) is 4.98 Å². The Morgan fingerprint density at radius 1 is 1.24 bits per heavy atom. The van der Waals surface area contributed by atoms with E-state index in [1.165, 1.54) is 12.3 Å². The number of halogens is 1. The van der Waals surface area contributed by atoms with E-state index in [2.05, 4.69) is 4.98 Å². The van der Waals surface area contributed by atoms with Gasteiger partial charge in [-0.1, -0.05) is 23.7 Å². The van der Waals surface area contributed by atoms with Gasteiger partial charge in [0.15, 0.2) is 5.69 Å². The molecule has 1 aromatic heterocycles. The molecule has 17 heavy (non-hydrogen) atoms. The number of nitrogens with two attached hydrogens (primary N) is 1. The van der Waals surface area contributed by atoms with E-state index in [4.69, 9.17) is 17.3 Å². The van der Waals surface area contributed by atoms with E-state index in [1.807, 2.05) is 0 Å². The van der Waals surface area contributed by atoms with Gasteiger partial charge in [-0.15, -0.1) is 0 Å². The van der Waals surface area contributed by atoms with Crippen LogP contribution in [-0.4, -0.2) is 16.0 Å². The molecule has 0 aliphatic heterocycles. The molecule has 0 atom stereocenters. The molecular formula is C12H9ClN2O2. The van der Waals surface area contributed by atoms with Gasteiger partial charge in [0.2, 0.25) is 0 Å². The molecule has 4 nitrogen and oxygen atoms in total. The molecule has 0 bridgehead atoms. The van der Waals surface area contributed by atoms with Gasteiger partial charge in [0, 0.05) is 16.8 Å². The minimum Gasteiger partial charge on any atom is -0.505 e. The number of amides is 1. The quantitative estimate of drug-likeness (QED) is 0.855. The van der Waals surface area contributed by atoms with E-state index < -0.39 is 5.91 Å². The van der Waals surface area contributed by atoms with Gasteiger partial charge in [-0.05, 0) is 23.8 Å². The van der Waals surface area contributed by atoms with Crippen LogP contribution in [0.4, 0.5) is 0 Å². The molecule has 0 aliphatic carbocycles. The molecule has 0 saturated carbocycles. The lowest BCUT2D eigenvalue weighted by Crippen LogP contribution is -2.13. The number of hydrogen-bond acceptors (Lipinski definition) is 3. The molecule has 0 spiro atoms. The first kappa shape index (κ1) is 11.4. The predicted molar refractivity (Wildman–Crippen MR) is 64.9 cm³/mol. The maximum absolute atomic E-state index is 10.9. The van der Waals surface area contributed by atoms with Gasteiger partial charge in [0.1, 0.15) is 5.75 Å². The number of aromatic hydroxyl groups is 1. The zero-order chi connectivity index (χ0) is 12.4. The molecular weight excluding hydrogens is 240 g/mol. The average molecular weight is 249 g/mol. The second-order valence-corrected chi connectivity index (χ2v) is 3.90. The van der Waals surface area contributed by atoms with Gasteiger partial charge in [-0.3, -0.25) is 4.79 Å². The zero-order valence-corrected chi connectivity index (χ0v) is 9.48. The summed E-state index contributed by atoms with van der Waals surface area (Å²) in [5.41, 5.74) is 6.43. The summed E-state index contributed by atoms with van der Waals surface area (Å²) in [5, 5.41) is 10.2. The van der Waals surface area contributed by atoms with E-state index >= 15 is 0 Å². The molecule has 0 aliphatic rings. The minimum absolute atomic E-state index is 0.136. The van der Waals surface area contributed by atoms with Crippen LogP contribution in [0, 0.1) is 0 Å². The van der Waals surface area contributed by atoms with Crippen LogP contribution in [0.1, 0.15) is 10.5 Å². The number of aromatic nitrogens is 1. The lowest BCUT2D eigenvalue weighted by atomic mass is 10.1. The number of primary amides is 1. The largest absolute Gasteiger partial charge is 0.505 e. The first-order valence-corrected chi connectivity index (χ1v) is 5.20. The second kappa shape index (κ2) is 4.43. The summed E-state index contributed by atoms with van der Waals surface area (Å²) in [6, 6.07) is 8.49. The third kappa shape index (κ3) is 2.37. The third-order valence-corrected chi connectivity index (χ3v) is 2.53. The smallest absolute Gasteiger partial charge is 0.271 e. The molecule has 1 amide bonds. The Morgan fingerprint density at radius 2 is 1.88 bits per heavy atom. The normalized spacial score (nSPS) is 10.2. The van der Waals surface area contributed by atoms with Gasteiger partial charge in [-0.2, -0.15) is 0 Å². The SMILES string of the molecule is NC(=O)c1ncc(-c2ccc(Cl)cc2)cc1O. The van der Waals surface area contributed by atoms with E-state index in [0.717, 1.165) is 5.56 Å². The third-order valence-electron chi connectivity index (χ3n) is 2.28. The maximum Gasteiger partial charge on any atom is 0.271 e. The van der Waals surface area contributed by atoms with Crippen LogP contribution in [0.5, 0.6) is 5.75 Å². The Kier molecular flexibility index (Phi) is 2.97. The van der Waals surface area contributed by atoms with Crippen LogP contribution in [0.3, 0.4) is 0 Å². The first-order chi connectivity index (χ1) is 8.08. The van der Waals surface area contributed by atoms with E-state index in [9.17, 15) is 9.90 Å². The molecule has 0 fully saturated rings. The Balaban J connectivity index is 2.44. The highest BCUT2D eigenvalue weighted by atomic mass is 35.5. The first-order valence-electron chi connectivity index (χ1n) is 4.82. The number of carbonyl (C=O) groups excluding carboxylic acids is 1. The molecule has 1 aromatic carbocycles. The zero-order valence-electron chi connectivity index (χ0n) is 8.72. The van der Waals surface area contributed by atoms with Crippen LogP contribution in [0.2, 0.25) is 5.02 Å². The molecule has 2 aromatic rings. The van der Waals surface area contributed by atoms with Gasteiger partial charge in [-0.25, -0.2) is 4.98 Å². The van der Waals surface area contributed by atoms with Crippen LogP contribution in [0.25, 0.3) is 11.1 Å². The Hall–Kier alpha value is -2.07. The van der Waals surface area contributed by atoms with Crippen LogP contribution in [-0.2, 0) is 0 Å². The number of hydrogen-bond donors (Lipinski definition) is 2. The molecule has 0 radical (unpaired) electrons.